The van der Waals surface area contributed by atoms with E-state index in [1.807, 2.05) is 0 Å². The van der Waals surface area contributed by atoms with Crippen LogP contribution in [0.4, 0.5) is 10.5 Å². The van der Waals surface area contributed by atoms with E-state index in [1.54, 1.807) is 39.0 Å². The van der Waals surface area contributed by atoms with E-state index >= 15 is 0 Å². The van der Waals surface area contributed by atoms with Crippen molar-refractivity contribution < 1.29 is 19.1 Å². The van der Waals surface area contributed by atoms with E-state index in [-0.39, 0.29) is 24.3 Å². The summed E-state index contributed by atoms with van der Waals surface area (Å²) in [6.07, 6.45) is -0.594. The van der Waals surface area contributed by atoms with Crippen molar-refractivity contribution in [1.82, 2.24) is 10.2 Å². The molecule has 2 rings (SSSR count). The van der Waals surface area contributed by atoms with Crippen LogP contribution in [0.25, 0.3) is 0 Å². The van der Waals surface area contributed by atoms with E-state index in [4.69, 9.17) is 10.5 Å². The minimum Gasteiger partial charge on any atom is -0.444 e. The minimum absolute atomic E-state index is 0.0605. The van der Waals surface area contributed by atoms with Crippen LogP contribution in [0.1, 0.15) is 41.5 Å². The lowest BCUT2D eigenvalue weighted by atomic mass is 10.1. The summed E-state index contributed by atoms with van der Waals surface area (Å²) in [6, 6.07) is 4.77. The van der Waals surface area contributed by atoms with Gasteiger partial charge in [-0.25, -0.2) is 4.79 Å². The Hall–Kier alpha value is -2.57. The molecule has 22 heavy (non-hydrogen) atoms. The highest BCUT2D eigenvalue weighted by Crippen LogP contribution is 2.27. The largest absolute Gasteiger partial charge is 0.444 e. The first-order valence-electron chi connectivity index (χ1n) is 6.92. The molecule has 0 aromatic heterocycles. The van der Waals surface area contributed by atoms with Gasteiger partial charge in [-0.1, -0.05) is 6.07 Å². The first-order chi connectivity index (χ1) is 10.2. The number of nitrogens with two attached hydrogens (primary N) is 1. The summed E-state index contributed by atoms with van der Waals surface area (Å²) in [5, 5.41) is 2.51. The summed E-state index contributed by atoms with van der Waals surface area (Å²) < 4.78 is 5.08. The average Bonchev–Trinajstić information content (AvgIpc) is 2.62. The topological polar surface area (TPSA) is 102 Å². The minimum atomic E-state index is -0.603. The van der Waals surface area contributed by atoms with E-state index in [0.717, 1.165) is 4.90 Å². The molecule has 118 valence electrons. The Morgan fingerprint density at radius 2 is 1.95 bits per heavy atom. The number of nitrogens with zero attached hydrogens (tertiary/aromatic N) is 1. The quantitative estimate of drug-likeness (QED) is 0.649. The number of carbonyl (C=O) groups excluding carboxylic acids is 3. The van der Waals surface area contributed by atoms with Crippen LogP contribution in [-0.4, -0.2) is 41.5 Å². The van der Waals surface area contributed by atoms with Crippen molar-refractivity contribution in [3.63, 3.8) is 0 Å². The van der Waals surface area contributed by atoms with Crippen LogP contribution in [0.2, 0.25) is 0 Å². The van der Waals surface area contributed by atoms with E-state index in [0.29, 0.717) is 5.56 Å². The van der Waals surface area contributed by atoms with Gasteiger partial charge in [-0.3, -0.25) is 14.5 Å². The molecule has 3 amide bonds. The van der Waals surface area contributed by atoms with Gasteiger partial charge < -0.3 is 15.8 Å². The zero-order chi connectivity index (χ0) is 16.5. The molecule has 1 aliphatic rings. The number of alkyl carbamates (subject to hydrolysis) is 1. The Kier molecular flexibility index (Phi) is 4.07. The number of nitrogens with one attached hydrogen (secondary N) is 1. The lowest BCUT2D eigenvalue weighted by Gasteiger charge is -2.20. The highest BCUT2D eigenvalue weighted by atomic mass is 16.6. The molecule has 0 aliphatic carbocycles. The smallest absolute Gasteiger partial charge is 0.407 e. The summed E-state index contributed by atoms with van der Waals surface area (Å²) in [5.74, 6) is -0.845. The van der Waals surface area contributed by atoms with Gasteiger partial charge in [-0.05, 0) is 32.9 Å². The molecule has 0 spiro atoms. The van der Waals surface area contributed by atoms with Gasteiger partial charge >= 0.3 is 6.09 Å². The molecule has 7 heteroatoms. The van der Waals surface area contributed by atoms with Gasteiger partial charge in [0, 0.05) is 18.8 Å². The summed E-state index contributed by atoms with van der Waals surface area (Å²) in [4.78, 5) is 37.0. The van der Waals surface area contributed by atoms with E-state index < -0.39 is 23.5 Å². The van der Waals surface area contributed by atoms with Gasteiger partial charge in [0.25, 0.3) is 11.8 Å². The van der Waals surface area contributed by atoms with E-state index in [9.17, 15) is 14.4 Å². The molecular weight excluding hydrogens is 286 g/mol. The molecule has 1 aliphatic heterocycles. The molecule has 0 radical (unpaired) electrons. The number of imide groups is 1. The highest BCUT2D eigenvalue weighted by Gasteiger charge is 2.36. The van der Waals surface area contributed by atoms with Gasteiger partial charge in [0.05, 0.1) is 11.1 Å². The van der Waals surface area contributed by atoms with Crippen LogP contribution in [-0.2, 0) is 4.74 Å². The molecule has 1 aromatic carbocycles. The molecule has 7 nitrogen and oxygen atoms in total. The van der Waals surface area contributed by atoms with Gasteiger partial charge in [-0.15, -0.1) is 0 Å². The number of rotatable bonds is 3. The molecule has 0 saturated carbocycles. The number of nitrogen functional groups attached to an aromatic ring is 1. The number of amides is 3. The third kappa shape index (κ3) is 3.19. The summed E-state index contributed by atoms with van der Waals surface area (Å²) in [5.41, 5.74) is 5.94. The Labute approximate surface area is 128 Å². The second-order valence-electron chi connectivity index (χ2n) is 5.96. The number of fused-ring (bicyclic) bond motifs is 1. The number of carbonyl (C=O) groups is 3. The third-order valence-electron chi connectivity index (χ3n) is 3.03. The van der Waals surface area contributed by atoms with Gasteiger partial charge in [0.15, 0.2) is 0 Å². The van der Waals surface area contributed by atoms with Crippen molar-refractivity contribution in [2.75, 3.05) is 18.8 Å². The molecule has 0 bridgehead atoms. The zero-order valence-electron chi connectivity index (χ0n) is 12.8. The van der Waals surface area contributed by atoms with E-state index in [2.05, 4.69) is 5.32 Å². The molecule has 0 fully saturated rings. The second kappa shape index (κ2) is 5.67. The Morgan fingerprint density at radius 3 is 2.55 bits per heavy atom. The van der Waals surface area contributed by atoms with Crippen LogP contribution >= 0.6 is 0 Å². The number of hydrogen-bond donors (Lipinski definition) is 2. The molecular formula is C15H19N3O4. The van der Waals surface area contributed by atoms with Crippen molar-refractivity contribution >= 4 is 23.6 Å². The molecule has 0 atom stereocenters. The SMILES string of the molecule is CC(C)(C)OC(=O)NCCN1C(=O)c2cccc(N)c2C1=O. The van der Waals surface area contributed by atoms with Gasteiger partial charge in [0.1, 0.15) is 5.60 Å². The Bertz CT molecular complexity index is 634. The number of ether oxygens (including phenoxy) is 1. The predicted octanol–water partition coefficient (Wildman–Crippen LogP) is 1.39. The highest BCUT2D eigenvalue weighted by molar-refractivity contribution is 6.23. The fourth-order valence-corrected chi connectivity index (χ4v) is 2.15. The molecule has 3 N–H and O–H groups in total. The van der Waals surface area contributed by atoms with Gasteiger partial charge in [-0.2, -0.15) is 0 Å². The van der Waals surface area contributed by atoms with E-state index in [1.165, 1.54) is 0 Å². The average molecular weight is 305 g/mol. The second-order valence-corrected chi connectivity index (χ2v) is 5.96. The maximum atomic E-state index is 12.2. The molecule has 1 aromatic rings. The standard InChI is InChI=1S/C15H19N3O4/c1-15(2,3)22-14(21)17-7-8-18-12(19)9-5-4-6-10(16)11(9)13(18)20/h4-6H,7-8,16H2,1-3H3,(H,17,21). The van der Waals surface area contributed by atoms with Crippen LogP contribution in [0.3, 0.4) is 0 Å². The van der Waals surface area contributed by atoms with Crippen molar-refractivity contribution in [1.29, 1.82) is 0 Å². The van der Waals surface area contributed by atoms with Crippen LogP contribution < -0.4 is 11.1 Å². The number of benzene rings is 1. The maximum Gasteiger partial charge on any atom is 0.407 e. The zero-order valence-corrected chi connectivity index (χ0v) is 12.8. The number of anilines is 1. The van der Waals surface area contributed by atoms with Crippen molar-refractivity contribution in [3.8, 4) is 0 Å². The van der Waals surface area contributed by atoms with Crippen LogP contribution in [0, 0.1) is 0 Å². The Morgan fingerprint density at radius 1 is 1.27 bits per heavy atom. The van der Waals surface area contributed by atoms with Crippen molar-refractivity contribution in [2.45, 2.75) is 26.4 Å². The summed E-state index contributed by atoms with van der Waals surface area (Å²) >= 11 is 0. The normalized spacial score (nSPS) is 14.0. The maximum absolute atomic E-state index is 12.2. The fraction of sp³-hybridized carbons (Fsp3) is 0.400. The predicted molar refractivity (Wildman–Crippen MR) is 80.5 cm³/mol. The lowest BCUT2D eigenvalue weighted by Crippen LogP contribution is -2.40. The molecule has 1 heterocycles. The van der Waals surface area contributed by atoms with Crippen molar-refractivity contribution in [2.24, 2.45) is 0 Å². The molecule has 0 saturated heterocycles. The third-order valence-corrected chi connectivity index (χ3v) is 3.03. The lowest BCUT2D eigenvalue weighted by molar-refractivity contribution is 0.0504. The first-order valence-corrected chi connectivity index (χ1v) is 6.92. The van der Waals surface area contributed by atoms with Crippen molar-refractivity contribution in [3.05, 3.63) is 29.3 Å². The first kappa shape index (κ1) is 15.8. The monoisotopic (exact) mass is 305 g/mol. The Balaban J connectivity index is 1.96. The summed E-state index contributed by atoms with van der Waals surface area (Å²) in [6.45, 7) is 5.42. The van der Waals surface area contributed by atoms with Crippen LogP contribution in [0.15, 0.2) is 18.2 Å². The van der Waals surface area contributed by atoms with Gasteiger partial charge in [0.2, 0.25) is 0 Å². The summed E-state index contributed by atoms with van der Waals surface area (Å²) in [7, 11) is 0. The molecule has 0 unspecified atom stereocenters. The van der Waals surface area contributed by atoms with Crippen LogP contribution in [0.5, 0.6) is 0 Å². The number of hydrogen-bond acceptors (Lipinski definition) is 5. The fourth-order valence-electron chi connectivity index (χ4n) is 2.15.